The normalized spacial score (nSPS) is 16.1. The summed E-state index contributed by atoms with van der Waals surface area (Å²) in [5.74, 6) is -0.0553. The first-order chi connectivity index (χ1) is 9.47. The van der Waals surface area contributed by atoms with E-state index in [0.717, 1.165) is 5.56 Å². The van der Waals surface area contributed by atoms with E-state index in [1.807, 2.05) is 0 Å². The zero-order valence-corrected chi connectivity index (χ0v) is 10.8. The third-order valence-corrected chi connectivity index (χ3v) is 3.63. The Morgan fingerprint density at radius 2 is 2.05 bits per heavy atom. The molecule has 1 N–H and O–H groups in total. The molecule has 0 atom stereocenters. The number of likely N-dealkylation sites (tertiary alicyclic amines) is 1. The lowest BCUT2D eigenvalue weighted by Crippen LogP contribution is -2.45. The van der Waals surface area contributed by atoms with Crippen molar-refractivity contribution in [2.24, 2.45) is 5.92 Å². The fourth-order valence-corrected chi connectivity index (χ4v) is 2.50. The molecule has 0 bridgehead atoms. The molecule has 1 amide bonds. The third kappa shape index (κ3) is 3.17. The largest absolute Gasteiger partial charge is 0.530 e. The van der Waals surface area contributed by atoms with Crippen LogP contribution in [0, 0.1) is 16.0 Å². The van der Waals surface area contributed by atoms with E-state index in [2.05, 4.69) is 0 Å². The van der Waals surface area contributed by atoms with Crippen LogP contribution in [0.5, 0.6) is 5.75 Å². The average molecular weight is 279 g/mol. The summed E-state index contributed by atoms with van der Waals surface area (Å²) in [7, 11) is 0. The summed E-state index contributed by atoms with van der Waals surface area (Å²) in [6, 6.07) is 4.36. The number of phenolic OH excluding ortho intramolecular Hbond substituents is 1. The number of nitro groups is 1. The molecule has 1 heterocycles. The number of phenols is 1. The maximum Gasteiger partial charge on any atom is 0.310 e. The van der Waals surface area contributed by atoms with Crippen LogP contribution in [0.25, 0.3) is 0 Å². The number of benzene rings is 1. The first-order valence-corrected chi connectivity index (χ1v) is 6.39. The van der Waals surface area contributed by atoms with E-state index in [9.17, 15) is 25.1 Å². The molecule has 1 fully saturated rings. The molecule has 0 unspecified atom stereocenters. The highest BCUT2D eigenvalue weighted by atomic mass is 16.6. The number of carbonyl (C=O) groups is 1. The van der Waals surface area contributed by atoms with Gasteiger partial charge in [-0.15, -0.1) is 0 Å². The van der Waals surface area contributed by atoms with E-state index in [-0.39, 0.29) is 17.4 Å². The van der Waals surface area contributed by atoms with Gasteiger partial charge < -0.3 is 19.9 Å². The Balaban J connectivity index is 1.99. The van der Waals surface area contributed by atoms with Gasteiger partial charge in [-0.2, -0.15) is 0 Å². The van der Waals surface area contributed by atoms with Gasteiger partial charge in [-0.1, -0.05) is 6.07 Å². The summed E-state index contributed by atoms with van der Waals surface area (Å²) < 4.78 is 0. The van der Waals surface area contributed by atoms with Crippen LogP contribution in [0.4, 0.5) is 10.5 Å². The second-order valence-electron chi connectivity index (χ2n) is 4.98. The predicted molar refractivity (Wildman–Crippen MR) is 68.2 cm³/mol. The van der Waals surface area contributed by atoms with Gasteiger partial charge >= 0.3 is 5.69 Å². The van der Waals surface area contributed by atoms with Gasteiger partial charge in [0.15, 0.2) is 5.75 Å². The molecule has 2 rings (SSSR count). The molecule has 1 aliphatic heterocycles. The summed E-state index contributed by atoms with van der Waals surface area (Å²) in [6.45, 7) is 0.875. The molecular formula is C13H15N2O5-. The zero-order valence-electron chi connectivity index (χ0n) is 10.8. The molecule has 7 nitrogen and oxygen atoms in total. The minimum absolute atomic E-state index is 0.287. The number of nitro benzene ring substituents is 1. The van der Waals surface area contributed by atoms with Crippen molar-refractivity contribution >= 4 is 11.8 Å². The average Bonchev–Trinajstić information content (AvgIpc) is 2.41. The molecule has 0 aromatic heterocycles. The van der Waals surface area contributed by atoms with Crippen molar-refractivity contribution in [2.75, 3.05) is 13.1 Å². The van der Waals surface area contributed by atoms with Crippen LogP contribution in [-0.4, -0.2) is 34.1 Å². The van der Waals surface area contributed by atoms with Crippen LogP contribution < -0.4 is 5.11 Å². The Labute approximate surface area is 115 Å². The number of carboxylic acid groups (broad SMARTS) is 1. The highest BCUT2D eigenvalue weighted by Crippen LogP contribution is 2.29. The van der Waals surface area contributed by atoms with E-state index in [0.29, 0.717) is 32.4 Å². The van der Waals surface area contributed by atoms with Gasteiger partial charge in [0.1, 0.15) is 6.09 Å². The lowest BCUT2D eigenvalue weighted by Gasteiger charge is -2.33. The highest BCUT2D eigenvalue weighted by Gasteiger charge is 2.21. The Kier molecular flexibility index (Phi) is 4.07. The summed E-state index contributed by atoms with van der Waals surface area (Å²) in [5, 5.41) is 30.8. The summed E-state index contributed by atoms with van der Waals surface area (Å²) >= 11 is 0. The number of nitrogens with zero attached hydrogens (tertiary/aromatic N) is 2. The number of piperidine rings is 1. The van der Waals surface area contributed by atoms with Crippen molar-refractivity contribution in [3.05, 3.63) is 33.9 Å². The SMILES string of the molecule is O=C([O-])N1CCC(Cc2ccc(O)c([N+](=O)[O-])c2)CC1. The summed E-state index contributed by atoms with van der Waals surface area (Å²) in [5.41, 5.74) is 0.482. The molecule has 108 valence electrons. The number of rotatable bonds is 3. The number of amides is 1. The van der Waals surface area contributed by atoms with Crippen LogP contribution >= 0.6 is 0 Å². The van der Waals surface area contributed by atoms with Gasteiger partial charge in [-0.3, -0.25) is 10.1 Å². The first-order valence-electron chi connectivity index (χ1n) is 6.39. The minimum Gasteiger partial charge on any atom is -0.530 e. The fourth-order valence-electron chi connectivity index (χ4n) is 2.50. The molecule has 7 heteroatoms. The lowest BCUT2D eigenvalue weighted by molar-refractivity contribution is -0.385. The Morgan fingerprint density at radius 3 is 2.60 bits per heavy atom. The molecule has 1 aliphatic rings. The first kappa shape index (κ1) is 14.1. The van der Waals surface area contributed by atoms with Gasteiger partial charge in [0.2, 0.25) is 0 Å². The highest BCUT2D eigenvalue weighted by molar-refractivity contribution is 5.62. The fraction of sp³-hybridized carbons (Fsp3) is 0.462. The van der Waals surface area contributed by atoms with Crippen molar-refractivity contribution in [1.29, 1.82) is 0 Å². The topological polar surface area (TPSA) is 107 Å². The van der Waals surface area contributed by atoms with Crippen LogP contribution in [0.3, 0.4) is 0 Å². The van der Waals surface area contributed by atoms with Gasteiger partial charge in [0, 0.05) is 19.2 Å². The molecule has 1 saturated heterocycles. The van der Waals surface area contributed by atoms with Gasteiger partial charge in [-0.05, 0) is 36.8 Å². The molecule has 0 radical (unpaired) electrons. The zero-order chi connectivity index (χ0) is 14.7. The van der Waals surface area contributed by atoms with E-state index in [1.165, 1.54) is 17.0 Å². The number of aromatic hydroxyl groups is 1. The van der Waals surface area contributed by atoms with E-state index >= 15 is 0 Å². The second-order valence-corrected chi connectivity index (χ2v) is 4.98. The predicted octanol–water partition coefficient (Wildman–Crippen LogP) is 0.898. The lowest BCUT2D eigenvalue weighted by atomic mass is 9.90. The van der Waals surface area contributed by atoms with Crippen LogP contribution in [0.2, 0.25) is 0 Å². The quantitative estimate of drug-likeness (QED) is 0.653. The molecule has 0 aliphatic carbocycles. The Bertz CT molecular complexity index is 523. The maximum atomic E-state index is 10.8. The summed E-state index contributed by atoms with van der Waals surface area (Å²) in [6.07, 6.45) is 0.913. The van der Waals surface area contributed by atoms with Crippen LogP contribution in [0.15, 0.2) is 18.2 Å². The van der Waals surface area contributed by atoms with E-state index in [4.69, 9.17) is 0 Å². The van der Waals surface area contributed by atoms with Crippen molar-refractivity contribution in [2.45, 2.75) is 19.3 Å². The molecular weight excluding hydrogens is 264 g/mol. The number of carbonyl (C=O) groups excluding carboxylic acids is 1. The smallest absolute Gasteiger partial charge is 0.310 e. The minimum atomic E-state index is -1.15. The molecule has 0 saturated carbocycles. The van der Waals surface area contributed by atoms with Crippen LogP contribution in [-0.2, 0) is 6.42 Å². The van der Waals surface area contributed by atoms with Crippen molar-refractivity contribution < 1.29 is 19.9 Å². The third-order valence-electron chi connectivity index (χ3n) is 3.63. The molecule has 1 aromatic carbocycles. The second kappa shape index (κ2) is 5.77. The number of hydrogen-bond acceptors (Lipinski definition) is 5. The molecule has 0 spiro atoms. The van der Waals surface area contributed by atoms with Gasteiger partial charge in [0.25, 0.3) is 0 Å². The van der Waals surface area contributed by atoms with E-state index in [1.54, 1.807) is 6.07 Å². The van der Waals surface area contributed by atoms with Crippen molar-refractivity contribution in [1.82, 2.24) is 4.90 Å². The van der Waals surface area contributed by atoms with Gasteiger partial charge in [-0.25, -0.2) is 0 Å². The van der Waals surface area contributed by atoms with Crippen molar-refractivity contribution in [3.8, 4) is 5.75 Å². The molecule has 20 heavy (non-hydrogen) atoms. The van der Waals surface area contributed by atoms with E-state index < -0.39 is 11.0 Å². The number of hydrogen-bond donors (Lipinski definition) is 1. The molecule has 1 aromatic rings. The summed E-state index contributed by atoms with van der Waals surface area (Å²) in [4.78, 5) is 22.1. The maximum absolute atomic E-state index is 10.8. The van der Waals surface area contributed by atoms with Crippen molar-refractivity contribution in [3.63, 3.8) is 0 Å². The Hall–Kier alpha value is -2.31. The van der Waals surface area contributed by atoms with Crippen LogP contribution in [0.1, 0.15) is 18.4 Å². The standard InChI is InChI=1S/C13H16N2O5/c16-12-2-1-10(8-11(12)15(19)20)7-9-3-5-14(6-4-9)13(17)18/h1-2,8-9,16H,3-7H2,(H,17,18)/p-1. The Morgan fingerprint density at radius 1 is 1.40 bits per heavy atom. The van der Waals surface area contributed by atoms with Gasteiger partial charge in [0.05, 0.1) is 4.92 Å². The monoisotopic (exact) mass is 279 g/mol.